The Morgan fingerprint density at radius 1 is 1.19 bits per heavy atom. The molecule has 2 nitrogen and oxygen atoms in total. The van der Waals surface area contributed by atoms with Gasteiger partial charge in [-0.05, 0) is 90.5 Å². The van der Waals surface area contributed by atoms with Crippen molar-refractivity contribution in [3.05, 3.63) is 22.4 Å². The fourth-order valence-corrected chi connectivity index (χ4v) is 6.37. The number of rotatable bonds is 5. The summed E-state index contributed by atoms with van der Waals surface area (Å²) in [5.74, 6) is 3.23. The van der Waals surface area contributed by atoms with Crippen molar-refractivity contribution in [2.24, 2.45) is 23.2 Å². The number of hydrogen-bond donors (Lipinski definition) is 1. The normalized spacial score (nSPS) is 36.9. The lowest BCUT2D eigenvalue weighted by atomic mass is 9.49. The molecular weight excluding hydrogens is 278 g/mol. The third-order valence-corrected chi connectivity index (χ3v) is 6.82. The maximum atomic E-state index is 12.0. The molecule has 4 aliphatic carbocycles. The Balaban J connectivity index is 1.28. The average Bonchev–Trinajstić information content (AvgIpc) is 2.89. The number of carbonyl (C=O) groups excluding carboxylic acids is 1. The number of nitrogens with one attached hydrogen (secondary N) is 1. The van der Waals surface area contributed by atoms with E-state index in [0.29, 0.717) is 11.8 Å². The summed E-state index contributed by atoms with van der Waals surface area (Å²) < 4.78 is 0. The molecule has 0 aromatic carbocycles. The van der Waals surface area contributed by atoms with Crippen LogP contribution in [0.25, 0.3) is 0 Å². The third-order valence-electron chi connectivity index (χ3n) is 6.09. The largest absolute Gasteiger partial charge is 0.356 e. The molecule has 21 heavy (non-hydrogen) atoms. The Morgan fingerprint density at radius 2 is 1.86 bits per heavy atom. The minimum atomic E-state index is 0.193. The van der Waals surface area contributed by atoms with Gasteiger partial charge in [0.1, 0.15) is 0 Å². The van der Waals surface area contributed by atoms with E-state index >= 15 is 0 Å². The third kappa shape index (κ3) is 2.90. The molecule has 0 saturated heterocycles. The Hall–Kier alpha value is -0.830. The molecule has 0 spiro atoms. The first-order chi connectivity index (χ1) is 10.2. The van der Waals surface area contributed by atoms with Crippen LogP contribution in [-0.2, 0) is 11.2 Å². The fraction of sp³-hybridized carbons (Fsp3) is 0.722. The van der Waals surface area contributed by atoms with Crippen LogP contribution in [0.4, 0.5) is 0 Å². The highest BCUT2D eigenvalue weighted by Crippen LogP contribution is 2.61. The van der Waals surface area contributed by atoms with Gasteiger partial charge in [-0.25, -0.2) is 0 Å². The second-order valence-electron chi connectivity index (χ2n) is 7.83. The van der Waals surface area contributed by atoms with Gasteiger partial charge in [0.25, 0.3) is 0 Å². The summed E-state index contributed by atoms with van der Waals surface area (Å²) in [7, 11) is 0. The number of carbonyl (C=O) groups is 1. The van der Waals surface area contributed by atoms with Gasteiger partial charge in [-0.2, -0.15) is 11.3 Å². The van der Waals surface area contributed by atoms with Crippen LogP contribution in [0.15, 0.2) is 16.8 Å². The highest BCUT2D eigenvalue weighted by Gasteiger charge is 2.50. The summed E-state index contributed by atoms with van der Waals surface area (Å²) in [6, 6.07) is 2.04. The molecule has 1 N–H and O–H groups in total. The summed E-state index contributed by atoms with van der Waals surface area (Å²) in [5, 5.41) is 7.27. The second kappa shape index (κ2) is 5.42. The molecule has 114 valence electrons. The topological polar surface area (TPSA) is 29.1 Å². The molecular formula is C18H25NOS. The van der Waals surface area contributed by atoms with Gasteiger partial charge in [-0.1, -0.05) is 0 Å². The zero-order chi connectivity index (χ0) is 14.3. The molecule has 0 aliphatic heterocycles. The molecule has 1 aromatic rings. The van der Waals surface area contributed by atoms with E-state index in [1.165, 1.54) is 44.9 Å². The predicted octanol–water partition coefficient (Wildman–Crippen LogP) is 4.01. The highest BCUT2D eigenvalue weighted by molar-refractivity contribution is 7.07. The summed E-state index contributed by atoms with van der Waals surface area (Å²) in [6.45, 7) is 0.884. The van der Waals surface area contributed by atoms with E-state index in [1.54, 1.807) is 11.3 Å². The van der Waals surface area contributed by atoms with E-state index in [9.17, 15) is 4.79 Å². The molecule has 4 saturated carbocycles. The first-order valence-corrected chi connectivity index (χ1v) is 9.43. The molecule has 0 unspecified atom stereocenters. The van der Waals surface area contributed by atoms with E-state index in [2.05, 4.69) is 10.7 Å². The van der Waals surface area contributed by atoms with Gasteiger partial charge >= 0.3 is 0 Å². The average molecular weight is 303 g/mol. The number of hydrogen-bond acceptors (Lipinski definition) is 2. The molecule has 4 bridgehead atoms. The summed E-state index contributed by atoms with van der Waals surface area (Å²) in [6.07, 6.45) is 10.6. The van der Waals surface area contributed by atoms with Crippen LogP contribution in [-0.4, -0.2) is 12.5 Å². The van der Waals surface area contributed by atoms with Gasteiger partial charge in [0.05, 0.1) is 6.42 Å². The van der Waals surface area contributed by atoms with E-state index in [-0.39, 0.29) is 5.91 Å². The van der Waals surface area contributed by atoms with Gasteiger partial charge in [-0.15, -0.1) is 0 Å². The summed E-state index contributed by atoms with van der Waals surface area (Å²) >= 11 is 1.66. The lowest BCUT2D eigenvalue weighted by Crippen LogP contribution is -2.47. The first kappa shape index (κ1) is 13.8. The van der Waals surface area contributed by atoms with Crippen LogP contribution in [0.3, 0.4) is 0 Å². The van der Waals surface area contributed by atoms with E-state index < -0.39 is 0 Å². The van der Waals surface area contributed by atoms with Crippen molar-refractivity contribution < 1.29 is 4.79 Å². The van der Waals surface area contributed by atoms with Crippen molar-refractivity contribution in [1.82, 2.24) is 5.32 Å². The van der Waals surface area contributed by atoms with Crippen molar-refractivity contribution in [2.75, 3.05) is 6.54 Å². The minimum Gasteiger partial charge on any atom is -0.356 e. The Bertz CT molecular complexity index is 472. The lowest BCUT2D eigenvalue weighted by Gasteiger charge is -2.57. The molecule has 0 atom stereocenters. The van der Waals surface area contributed by atoms with Crippen molar-refractivity contribution in [3.63, 3.8) is 0 Å². The fourth-order valence-electron chi connectivity index (χ4n) is 5.70. The Kier molecular flexibility index (Phi) is 3.56. The Morgan fingerprint density at radius 3 is 2.43 bits per heavy atom. The molecule has 4 aliphatic rings. The van der Waals surface area contributed by atoms with Crippen molar-refractivity contribution in [1.29, 1.82) is 0 Å². The van der Waals surface area contributed by atoms with E-state index in [4.69, 9.17) is 0 Å². The van der Waals surface area contributed by atoms with Crippen LogP contribution in [0.2, 0.25) is 0 Å². The molecule has 0 radical (unpaired) electrons. The molecule has 1 amide bonds. The van der Waals surface area contributed by atoms with E-state index in [0.717, 1.165) is 29.9 Å². The van der Waals surface area contributed by atoms with Crippen LogP contribution in [0.1, 0.15) is 50.5 Å². The second-order valence-corrected chi connectivity index (χ2v) is 8.61. The molecule has 3 heteroatoms. The quantitative estimate of drug-likeness (QED) is 0.875. The van der Waals surface area contributed by atoms with Crippen LogP contribution in [0.5, 0.6) is 0 Å². The molecule has 4 fully saturated rings. The highest BCUT2D eigenvalue weighted by atomic mass is 32.1. The van der Waals surface area contributed by atoms with Crippen molar-refractivity contribution >= 4 is 17.2 Å². The summed E-state index contributed by atoms with van der Waals surface area (Å²) in [5.41, 5.74) is 1.73. The van der Waals surface area contributed by atoms with Crippen LogP contribution < -0.4 is 5.32 Å². The molecule has 1 aromatic heterocycles. The minimum absolute atomic E-state index is 0.193. The van der Waals surface area contributed by atoms with Gasteiger partial charge in [0.15, 0.2) is 0 Å². The smallest absolute Gasteiger partial charge is 0.224 e. The standard InChI is InChI=1S/C18H25NOS/c20-17(8-13-1-4-21-12-13)19-3-2-18-9-14-5-15(10-18)7-16(6-14)11-18/h1,4,12,14-16H,2-3,5-11H2,(H,19,20). The first-order valence-electron chi connectivity index (χ1n) is 8.49. The van der Waals surface area contributed by atoms with Crippen molar-refractivity contribution in [3.8, 4) is 0 Å². The zero-order valence-electron chi connectivity index (χ0n) is 12.6. The predicted molar refractivity (Wildman–Crippen MR) is 86.3 cm³/mol. The number of thiophene rings is 1. The Labute approximate surface area is 131 Å². The van der Waals surface area contributed by atoms with Gasteiger partial charge < -0.3 is 5.32 Å². The maximum Gasteiger partial charge on any atom is 0.224 e. The maximum absolute atomic E-state index is 12.0. The zero-order valence-corrected chi connectivity index (χ0v) is 13.5. The molecule has 5 rings (SSSR count). The van der Waals surface area contributed by atoms with Crippen LogP contribution in [0, 0.1) is 23.2 Å². The lowest BCUT2D eigenvalue weighted by molar-refractivity contribution is -0.120. The molecule has 1 heterocycles. The monoisotopic (exact) mass is 303 g/mol. The van der Waals surface area contributed by atoms with Gasteiger partial charge in [0, 0.05) is 6.54 Å². The van der Waals surface area contributed by atoms with E-state index in [1.807, 2.05) is 11.4 Å². The summed E-state index contributed by atoms with van der Waals surface area (Å²) in [4.78, 5) is 12.0. The van der Waals surface area contributed by atoms with Gasteiger partial charge in [0.2, 0.25) is 5.91 Å². The van der Waals surface area contributed by atoms with Gasteiger partial charge in [-0.3, -0.25) is 4.79 Å². The van der Waals surface area contributed by atoms with Crippen molar-refractivity contribution in [2.45, 2.75) is 51.4 Å². The SMILES string of the molecule is O=C(Cc1ccsc1)NCCC12CC3CC(CC(C3)C1)C2. The van der Waals surface area contributed by atoms with Crippen LogP contribution >= 0.6 is 11.3 Å². The number of amides is 1.